The van der Waals surface area contributed by atoms with Gasteiger partial charge < -0.3 is 34.6 Å². The Morgan fingerprint density at radius 2 is 1.43 bits per heavy atom. The lowest BCUT2D eigenvalue weighted by Crippen LogP contribution is -2.59. The van der Waals surface area contributed by atoms with Crippen LogP contribution >= 0.6 is 0 Å². The molecule has 3 rings (SSSR count). The van der Waals surface area contributed by atoms with Crippen LogP contribution in [0, 0.1) is 39.7 Å². The Morgan fingerprint density at radius 1 is 0.809 bits per heavy atom. The van der Waals surface area contributed by atoms with Crippen molar-refractivity contribution < 1.29 is 47.9 Å². The van der Waals surface area contributed by atoms with Gasteiger partial charge in [0.25, 0.3) is 5.69 Å². The Balaban J connectivity index is 1.85. The van der Waals surface area contributed by atoms with E-state index in [1.807, 2.05) is 90.9 Å². The van der Waals surface area contributed by atoms with Gasteiger partial charge in [-0.05, 0) is 68.7 Å². The second kappa shape index (κ2) is 27.1. The van der Waals surface area contributed by atoms with Crippen molar-refractivity contribution in [3.63, 3.8) is 0 Å². The van der Waals surface area contributed by atoms with Crippen LogP contribution in [0.4, 0.5) is 5.69 Å². The van der Waals surface area contributed by atoms with Crippen molar-refractivity contribution >= 4 is 41.1 Å². The van der Waals surface area contributed by atoms with Crippen molar-refractivity contribution in [2.24, 2.45) is 29.6 Å². The normalized spacial score (nSPS) is 17.9. The highest BCUT2D eigenvalue weighted by atomic mass is 16.6. The summed E-state index contributed by atoms with van der Waals surface area (Å²) in [5.74, 6) is -4.30. The number of methoxy groups -OCH3 is 3. The highest BCUT2D eigenvalue weighted by Crippen LogP contribution is 2.30. The second-order valence-corrected chi connectivity index (χ2v) is 19.2. The monoisotopic (exact) mass is 951 g/mol. The summed E-state index contributed by atoms with van der Waals surface area (Å²) in [6.45, 7) is 13.8. The number of ether oxygens (including phenoxy) is 3. The summed E-state index contributed by atoms with van der Waals surface area (Å²) in [4.78, 5) is 99.8. The van der Waals surface area contributed by atoms with Gasteiger partial charge in [0, 0.05) is 46.4 Å². The quantitative estimate of drug-likeness (QED) is 0.0669. The number of amides is 4. The van der Waals surface area contributed by atoms with Crippen molar-refractivity contribution in [1.82, 2.24) is 25.3 Å². The fourth-order valence-electron chi connectivity index (χ4n) is 9.64. The van der Waals surface area contributed by atoms with Gasteiger partial charge in [0.2, 0.25) is 23.6 Å². The Bertz CT molecular complexity index is 1970. The van der Waals surface area contributed by atoms with Gasteiger partial charge in [-0.1, -0.05) is 97.4 Å². The predicted molar refractivity (Wildman–Crippen MR) is 259 cm³/mol. The molecule has 68 heavy (non-hydrogen) atoms. The zero-order valence-corrected chi connectivity index (χ0v) is 42.6. The van der Waals surface area contributed by atoms with Crippen LogP contribution < -0.4 is 10.6 Å². The number of non-ortho nitro benzene ring substituents is 1. The highest BCUT2D eigenvalue weighted by molar-refractivity contribution is 5.93. The summed E-state index contributed by atoms with van der Waals surface area (Å²) >= 11 is 0. The first-order valence-corrected chi connectivity index (χ1v) is 23.9. The number of esters is 1. The third-order valence-electron chi connectivity index (χ3n) is 13.5. The maximum atomic E-state index is 14.5. The molecule has 3 unspecified atom stereocenters. The Kier molecular flexibility index (Phi) is 22.7. The molecule has 2 aromatic carbocycles. The number of benzene rings is 2. The van der Waals surface area contributed by atoms with E-state index in [-0.39, 0.29) is 66.8 Å². The molecular formula is C51H78N6O11. The molecule has 1 aliphatic rings. The standard InChI is InChI=1S/C51H78N6O11/c1-14-33(6)46(55(10)50(62)44(31(2)3)53-49(61)45(32(4)5)54(8)9)42(66-11)30-43(59)56-26-18-21-40(56)47(67-12)34(7)48(60)52-39(28-35-19-16-15-17-20-35)41(58)29-37(51(63)68-13)27-36-22-24-38(25-23-36)57(64)65/h15-17,19-20,22-25,31-34,37,39-40,42,44-47H,14,18,21,26-30H2,1-13H3,(H,52,60)(H,53,61)/t33-,34+,37?,39-,40-,42+,44?,45-,46?,47+/m0/s1. The van der Waals surface area contributed by atoms with Gasteiger partial charge in [-0.25, -0.2) is 0 Å². The third kappa shape index (κ3) is 15.4. The molecule has 378 valence electrons. The van der Waals surface area contributed by atoms with Gasteiger partial charge in [-0.2, -0.15) is 0 Å². The van der Waals surface area contributed by atoms with Crippen LogP contribution in [0.2, 0.25) is 0 Å². The fraction of sp³-hybridized carbons (Fsp3) is 0.647. The lowest BCUT2D eigenvalue weighted by Gasteiger charge is -2.41. The maximum absolute atomic E-state index is 14.5. The number of nitro benzene ring substituents is 1. The summed E-state index contributed by atoms with van der Waals surface area (Å²) in [5, 5.41) is 17.2. The SMILES string of the molecule is CC[C@H](C)C([C@@H](CC(=O)N1CCC[C@H]1[C@H](OC)[C@@H](C)C(=O)N[C@@H](Cc1ccccc1)C(=O)CC(Cc1ccc([N+](=O)[O-])cc1)C(=O)OC)OC)N(C)C(=O)C(NC(=O)[C@H](C(C)C)N(C)C)C(C)C. The van der Waals surface area contributed by atoms with E-state index in [1.54, 1.807) is 23.8 Å². The number of nitrogens with zero attached hydrogens (tertiary/aromatic N) is 4. The summed E-state index contributed by atoms with van der Waals surface area (Å²) in [7, 11) is 9.62. The number of nitrogens with one attached hydrogen (secondary N) is 2. The number of likely N-dealkylation sites (N-methyl/N-ethyl adjacent to an activating group) is 2. The average molecular weight is 951 g/mol. The molecule has 1 saturated heterocycles. The number of hydrogen-bond donors (Lipinski definition) is 2. The fourth-order valence-corrected chi connectivity index (χ4v) is 9.64. The molecule has 4 amide bonds. The van der Waals surface area contributed by atoms with Gasteiger partial charge in [0.05, 0.1) is 66.7 Å². The van der Waals surface area contributed by atoms with Crippen LogP contribution in [0.3, 0.4) is 0 Å². The first kappa shape index (κ1) is 57.1. The van der Waals surface area contributed by atoms with E-state index >= 15 is 0 Å². The van der Waals surface area contributed by atoms with Crippen molar-refractivity contribution in [2.75, 3.05) is 49.0 Å². The topological polar surface area (TPSA) is 207 Å². The lowest BCUT2D eigenvalue weighted by molar-refractivity contribution is -0.384. The minimum absolute atomic E-state index is 0.00866. The molecule has 10 atom stereocenters. The van der Waals surface area contributed by atoms with Crippen LogP contribution in [-0.4, -0.2) is 146 Å². The molecule has 17 heteroatoms. The smallest absolute Gasteiger partial charge is 0.309 e. The van der Waals surface area contributed by atoms with Gasteiger partial charge in [0.15, 0.2) is 5.78 Å². The zero-order valence-electron chi connectivity index (χ0n) is 42.6. The molecule has 1 fully saturated rings. The first-order chi connectivity index (χ1) is 32.1. The van der Waals surface area contributed by atoms with Crippen molar-refractivity contribution in [1.29, 1.82) is 0 Å². The lowest BCUT2D eigenvalue weighted by atomic mass is 9.89. The van der Waals surface area contributed by atoms with Gasteiger partial charge in [0.1, 0.15) is 6.04 Å². The number of nitro groups is 1. The number of hydrogen-bond acceptors (Lipinski definition) is 12. The van der Waals surface area contributed by atoms with E-state index in [1.165, 1.54) is 45.6 Å². The Hall–Kier alpha value is -5.26. The third-order valence-corrected chi connectivity index (χ3v) is 13.5. The van der Waals surface area contributed by atoms with E-state index in [4.69, 9.17) is 14.2 Å². The van der Waals surface area contributed by atoms with Crippen molar-refractivity contribution in [3.8, 4) is 0 Å². The van der Waals surface area contributed by atoms with Crippen LogP contribution in [0.15, 0.2) is 54.6 Å². The largest absolute Gasteiger partial charge is 0.469 e. The minimum atomic E-state index is -1.04. The molecular weight excluding hydrogens is 873 g/mol. The van der Waals surface area contributed by atoms with Gasteiger partial charge >= 0.3 is 5.97 Å². The van der Waals surface area contributed by atoms with Crippen molar-refractivity contribution in [3.05, 3.63) is 75.8 Å². The average Bonchev–Trinajstić information content (AvgIpc) is 3.79. The molecule has 1 aliphatic heterocycles. The molecule has 0 aliphatic carbocycles. The van der Waals surface area contributed by atoms with Crippen LogP contribution in [0.25, 0.3) is 0 Å². The number of Topliss-reactive ketones (excluding diaryl/α,β-unsaturated/α-hetero) is 1. The molecule has 0 bridgehead atoms. The molecule has 0 saturated carbocycles. The number of carbonyl (C=O) groups excluding carboxylic acids is 6. The molecule has 1 heterocycles. The number of rotatable bonds is 27. The number of likely N-dealkylation sites (tertiary alicyclic amines) is 1. The predicted octanol–water partition coefficient (Wildman–Crippen LogP) is 5.26. The zero-order chi connectivity index (χ0) is 51.0. The van der Waals surface area contributed by atoms with E-state index in [2.05, 4.69) is 10.6 Å². The van der Waals surface area contributed by atoms with Gasteiger partial charge in [-0.3, -0.25) is 43.8 Å². The summed E-state index contributed by atoms with van der Waals surface area (Å²) in [6.07, 6.45) is 0.334. The number of ketones is 1. The van der Waals surface area contributed by atoms with Crippen molar-refractivity contribution in [2.45, 2.75) is 136 Å². The van der Waals surface area contributed by atoms with Crippen LogP contribution in [0.1, 0.15) is 91.7 Å². The number of carbonyl (C=O) groups is 6. The molecule has 0 spiro atoms. The molecule has 17 nitrogen and oxygen atoms in total. The van der Waals surface area contributed by atoms with Crippen LogP contribution in [-0.2, 0) is 55.8 Å². The maximum Gasteiger partial charge on any atom is 0.309 e. The van der Waals surface area contributed by atoms with E-state index in [0.717, 1.165) is 5.56 Å². The van der Waals surface area contributed by atoms with E-state index < -0.39 is 76.8 Å². The molecule has 0 radical (unpaired) electrons. The Morgan fingerprint density at radius 3 is 1.94 bits per heavy atom. The first-order valence-electron chi connectivity index (χ1n) is 23.9. The highest BCUT2D eigenvalue weighted by Gasteiger charge is 2.44. The minimum Gasteiger partial charge on any atom is -0.469 e. The molecule has 0 aromatic heterocycles. The Labute approximate surface area is 403 Å². The molecule has 2 aromatic rings. The van der Waals surface area contributed by atoms with Gasteiger partial charge in [-0.15, -0.1) is 0 Å². The second-order valence-electron chi connectivity index (χ2n) is 19.2. The van der Waals surface area contributed by atoms with Crippen LogP contribution in [0.5, 0.6) is 0 Å². The molecule has 2 N–H and O–H groups in total. The summed E-state index contributed by atoms with van der Waals surface area (Å²) in [5.41, 5.74) is 1.27. The van der Waals surface area contributed by atoms with E-state index in [0.29, 0.717) is 31.4 Å². The summed E-state index contributed by atoms with van der Waals surface area (Å²) < 4.78 is 17.1. The van der Waals surface area contributed by atoms with E-state index in [9.17, 15) is 38.9 Å². The summed E-state index contributed by atoms with van der Waals surface area (Å²) in [6, 6.07) is 11.6.